The number of ether oxygens (including phenoxy) is 3. The van der Waals surface area contributed by atoms with E-state index in [0.29, 0.717) is 28.7 Å². The van der Waals surface area contributed by atoms with Crippen LogP contribution < -0.4 is 14.8 Å². The van der Waals surface area contributed by atoms with E-state index >= 15 is 0 Å². The third-order valence-electron chi connectivity index (χ3n) is 4.07. The first kappa shape index (κ1) is 23.0. The van der Waals surface area contributed by atoms with Gasteiger partial charge in [-0.3, -0.25) is 4.79 Å². The van der Waals surface area contributed by atoms with E-state index in [9.17, 15) is 9.59 Å². The van der Waals surface area contributed by atoms with E-state index in [1.165, 1.54) is 7.11 Å². The Morgan fingerprint density at radius 2 is 1.73 bits per heavy atom. The molecule has 0 saturated heterocycles. The molecule has 2 rings (SSSR count). The summed E-state index contributed by atoms with van der Waals surface area (Å²) in [6.45, 7) is 7.77. The van der Waals surface area contributed by atoms with Gasteiger partial charge in [-0.1, -0.05) is 55.1 Å². The number of nitrogens with one attached hydrogen (secondary N) is 1. The van der Waals surface area contributed by atoms with Crippen molar-refractivity contribution >= 4 is 23.5 Å². The van der Waals surface area contributed by atoms with Gasteiger partial charge in [0.25, 0.3) is 5.91 Å². The van der Waals surface area contributed by atoms with E-state index in [0.717, 1.165) is 5.56 Å². The van der Waals surface area contributed by atoms with Gasteiger partial charge < -0.3 is 19.5 Å². The van der Waals surface area contributed by atoms with Crippen LogP contribution in [-0.2, 0) is 16.0 Å². The molecule has 0 aliphatic heterocycles. The molecule has 30 heavy (non-hydrogen) atoms. The summed E-state index contributed by atoms with van der Waals surface area (Å²) in [5.74, 6) is -0.129. The lowest BCUT2D eigenvalue weighted by molar-refractivity contribution is -0.142. The smallest absolute Gasteiger partial charge is 0.328 e. The lowest BCUT2D eigenvalue weighted by atomic mass is 10.0. The molecule has 1 N–H and O–H groups in total. The van der Waals surface area contributed by atoms with Gasteiger partial charge in [0.1, 0.15) is 30.8 Å². The molecular weight excluding hydrogens is 406 g/mol. The lowest BCUT2D eigenvalue weighted by Gasteiger charge is -2.18. The number of hydrogen-bond acceptors (Lipinski definition) is 5. The molecule has 0 fully saturated rings. The minimum atomic E-state index is -0.911. The number of methoxy groups -OCH3 is 1. The summed E-state index contributed by atoms with van der Waals surface area (Å²) in [7, 11) is 1.27. The third kappa shape index (κ3) is 6.39. The van der Waals surface area contributed by atoms with Crippen LogP contribution >= 0.6 is 11.6 Å². The molecule has 1 atom stereocenters. The van der Waals surface area contributed by atoms with Crippen LogP contribution in [0.5, 0.6) is 11.5 Å². The fourth-order valence-electron chi connectivity index (χ4n) is 2.67. The summed E-state index contributed by atoms with van der Waals surface area (Å²) in [4.78, 5) is 25.1. The quantitative estimate of drug-likeness (QED) is 0.432. The molecule has 0 spiro atoms. The fourth-order valence-corrected chi connectivity index (χ4v) is 2.93. The Hall–Kier alpha value is -3.25. The number of benzene rings is 2. The van der Waals surface area contributed by atoms with Crippen molar-refractivity contribution in [3.8, 4) is 11.5 Å². The Morgan fingerprint density at radius 3 is 2.37 bits per heavy atom. The molecule has 0 aromatic heterocycles. The van der Waals surface area contributed by atoms with Crippen LogP contribution in [0.4, 0.5) is 0 Å². The third-order valence-corrected chi connectivity index (χ3v) is 4.37. The maximum absolute atomic E-state index is 12.8. The molecule has 1 amide bonds. The van der Waals surface area contributed by atoms with Crippen LogP contribution in [0.1, 0.15) is 15.9 Å². The number of esters is 1. The number of rotatable bonds is 11. The van der Waals surface area contributed by atoms with Crippen molar-refractivity contribution in [3.05, 3.63) is 83.9 Å². The van der Waals surface area contributed by atoms with E-state index < -0.39 is 17.9 Å². The molecule has 0 aliphatic rings. The highest BCUT2D eigenvalue weighted by Gasteiger charge is 2.24. The Balaban J connectivity index is 2.18. The summed E-state index contributed by atoms with van der Waals surface area (Å²) >= 11 is 6.25. The van der Waals surface area contributed by atoms with Gasteiger partial charge in [0.15, 0.2) is 0 Å². The summed E-state index contributed by atoms with van der Waals surface area (Å²) in [5, 5.41) is 3.11. The molecule has 1 unspecified atom stereocenters. The zero-order chi connectivity index (χ0) is 21.9. The minimum Gasteiger partial charge on any atom is -0.489 e. The van der Waals surface area contributed by atoms with E-state index in [2.05, 4.69) is 18.5 Å². The van der Waals surface area contributed by atoms with Gasteiger partial charge in [0, 0.05) is 6.42 Å². The number of carbonyl (C=O) groups is 2. The summed E-state index contributed by atoms with van der Waals surface area (Å²) in [6.07, 6.45) is 3.39. The zero-order valence-corrected chi connectivity index (χ0v) is 17.5. The molecule has 7 heteroatoms. The Morgan fingerprint density at radius 1 is 1.07 bits per heavy atom. The van der Waals surface area contributed by atoms with E-state index in [-0.39, 0.29) is 13.0 Å². The fraction of sp³-hybridized carbons (Fsp3) is 0.217. The second-order valence-corrected chi connectivity index (χ2v) is 6.62. The number of halogens is 1. The molecule has 2 aromatic rings. The molecule has 0 heterocycles. The molecule has 0 aliphatic carbocycles. The van der Waals surface area contributed by atoms with Gasteiger partial charge in [-0.2, -0.15) is 0 Å². The second kappa shape index (κ2) is 11.7. The number of carbonyl (C=O) groups excluding carboxylic acids is 2. The van der Waals surface area contributed by atoms with Crippen molar-refractivity contribution in [2.24, 2.45) is 0 Å². The number of amides is 1. The predicted molar refractivity (Wildman–Crippen MR) is 116 cm³/mol. The van der Waals surface area contributed by atoms with Gasteiger partial charge in [0.05, 0.1) is 17.7 Å². The van der Waals surface area contributed by atoms with Crippen molar-refractivity contribution in [3.63, 3.8) is 0 Å². The van der Waals surface area contributed by atoms with Crippen molar-refractivity contribution in [2.75, 3.05) is 20.3 Å². The Labute approximate surface area is 181 Å². The van der Waals surface area contributed by atoms with E-state index in [1.807, 2.05) is 0 Å². The molecular formula is C23H24ClNO5. The van der Waals surface area contributed by atoms with Crippen LogP contribution in [0.25, 0.3) is 0 Å². The molecule has 0 radical (unpaired) electrons. The van der Waals surface area contributed by atoms with Gasteiger partial charge in [-0.05, 0) is 29.8 Å². The standard InChI is InChI=1S/C23H24ClNO5/c1-4-12-29-20-9-7-6-8-17(20)22(26)25-19(23(27)28-3)15-16-10-11-21(18(24)14-16)30-13-5-2/h4-11,14,19H,1-2,12-13,15H2,3H3,(H,25,26). The van der Waals surface area contributed by atoms with E-state index in [1.54, 1.807) is 54.6 Å². The van der Waals surface area contributed by atoms with Crippen LogP contribution in [-0.4, -0.2) is 38.2 Å². The second-order valence-electron chi connectivity index (χ2n) is 6.21. The van der Waals surface area contributed by atoms with Crippen molar-refractivity contribution < 1.29 is 23.8 Å². The van der Waals surface area contributed by atoms with E-state index in [4.69, 9.17) is 25.8 Å². The maximum atomic E-state index is 12.8. The largest absolute Gasteiger partial charge is 0.489 e. The maximum Gasteiger partial charge on any atom is 0.328 e. The minimum absolute atomic E-state index is 0.190. The zero-order valence-electron chi connectivity index (χ0n) is 16.7. The first-order valence-electron chi connectivity index (χ1n) is 9.23. The average molecular weight is 430 g/mol. The lowest BCUT2D eigenvalue weighted by Crippen LogP contribution is -2.43. The monoisotopic (exact) mass is 429 g/mol. The average Bonchev–Trinajstić information content (AvgIpc) is 2.76. The van der Waals surface area contributed by atoms with Crippen molar-refractivity contribution in [1.29, 1.82) is 0 Å². The van der Waals surface area contributed by atoms with Gasteiger partial charge >= 0.3 is 5.97 Å². The number of para-hydroxylation sites is 1. The normalized spacial score (nSPS) is 11.1. The van der Waals surface area contributed by atoms with Gasteiger partial charge in [-0.15, -0.1) is 0 Å². The topological polar surface area (TPSA) is 73.9 Å². The van der Waals surface area contributed by atoms with Gasteiger partial charge in [0.2, 0.25) is 0 Å². The summed E-state index contributed by atoms with van der Waals surface area (Å²) in [6, 6.07) is 11.0. The molecule has 0 bridgehead atoms. The molecule has 158 valence electrons. The highest BCUT2D eigenvalue weighted by atomic mass is 35.5. The Kier molecular flexibility index (Phi) is 8.97. The van der Waals surface area contributed by atoms with Crippen LogP contribution in [0.3, 0.4) is 0 Å². The van der Waals surface area contributed by atoms with Crippen LogP contribution in [0.2, 0.25) is 5.02 Å². The van der Waals surface area contributed by atoms with Gasteiger partial charge in [-0.25, -0.2) is 4.79 Å². The highest BCUT2D eigenvalue weighted by Crippen LogP contribution is 2.26. The molecule has 0 saturated carbocycles. The Bertz CT molecular complexity index is 912. The first-order chi connectivity index (χ1) is 14.5. The molecule has 6 nitrogen and oxygen atoms in total. The van der Waals surface area contributed by atoms with Crippen molar-refractivity contribution in [1.82, 2.24) is 5.32 Å². The highest BCUT2D eigenvalue weighted by molar-refractivity contribution is 6.32. The summed E-state index contributed by atoms with van der Waals surface area (Å²) < 4.78 is 15.8. The predicted octanol–water partition coefficient (Wildman–Crippen LogP) is 3.98. The summed E-state index contributed by atoms with van der Waals surface area (Å²) in [5.41, 5.74) is 1.04. The van der Waals surface area contributed by atoms with Crippen molar-refractivity contribution in [2.45, 2.75) is 12.5 Å². The van der Waals surface area contributed by atoms with Crippen LogP contribution in [0.15, 0.2) is 67.8 Å². The number of hydrogen-bond donors (Lipinski definition) is 1. The SMILES string of the molecule is C=CCOc1ccc(CC(NC(=O)c2ccccc2OCC=C)C(=O)OC)cc1Cl. The molecule has 2 aromatic carbocycles. The first-order valence-corrected chi connectivity index (χ1v) is 9.61. The van der Waals surface area contributed by atoms with Crippen LogP contribution in [0, 0.1) is 0 Å².